The van der Waals surface area contributed by atoms with E-state index in [-0.39, 0.29) is 0 Å². The van der Waals surface area contributed by atoms with Crippen LogP contribution in [0.15, 0.2) is 30.3 Å². The molecule has 0 aromatic heterocycles. The van der Waals surface area contributed by atoms with Gasteiger partial charge >= 0.3 is 121 Å². The summed E-state index contributed by atoms with van der Waals surface area (Å²) >= 11 is -2.71. The van der Waals surface area contributed by atoms with Crippen molar-refractivity contribution in [3.8, 4) is 0 Å². The Hall–Kier alpha value is -0.226. The zero-order valence-corrected chi connectivity index (χ0v) is 13.7. The second kappa shape index (κ2) is 8.85. The van der Waals surface area contributed by atoms with E-state index < -0.39 is 17.4 Å². The van der Waals surface area contributed by atoms with Crippen molar-refractivity contribution in [2.75, 3.05) is 33.9 Å². The molecule has 5 heteroatoms. The Labute approximate surface area is 121 Å². The second-order valence-corrected chi connectivity index (χ2v) is 10.5. The molecule has 0 saturated carbocycles. The van der Waals surface area contributed by atoms with Gasteiger partial charge < -0.3 is 0 Å². The maximum absolute atomic E-state index is 5.75. The molecule has 0 saturated heterocycles. The first-order valence-corrected chi connectivity index (χ1v) is 10.4. The molecule has 1 rings (SSSR count). The van der Waals surface area contributed by atoms with Gasteiger partial charge in [-0.3, -0.25) is 0 Å². The van der Waals surface area contributed by atoms with Gasteiger partial charge in [-0.25, -0.2) is 0 Å². The number of nitrogens with two attached hydrogens (primary N) is 1. The van der Waals surface area contributed by atoms with Gasteiger partial charge in [-0.05, 0) is 0 Å². The molecule has 0 radical (unpaired) electrons. The summed E-state index contributed by atoms with van der Waals surface area (Å²) in [5.74, 6) is 0. The van der Waals surface area contributed by atoms with Crippen molar-refractivity contribution >= 4 is 0 Å². The Kier molecular flexibility index (Phi) is 7.84. The van der Waals surface area contributed by atoms with E-state index in [9.17, 15) is 0 Å². The summed E-state index contributed by atoms with van der Waals surface area (Å²) in [6, 6.07) is 10.5. The first kappa shape index (κ1) is 16.8. The van der Waals surface area contributed by atoms with Crippen LogP contribution in [0.5, 0.6) is 0 Å². The minimum atomic E-state index is -2.71. The van der Waals surface area contributed by atoms with Crippen LogP contribution in [0, 0.1) is 0 Å². The molecule has 19 heavy (non-hydrogen) atoms. The van der Waals surface area contributed by atoms with Gasteiger partial charge in [-0.2, -0.15) is 0 Å². The van der Waals surface area contributed by atoms with E-state index in [1.807, 2.05) is 6.07 Å². The summed E-state index contributed by atoms with van der Waals surface area (Å²) in [6.45, 7) is 2.38. The van der Waals surface area contributed by atoms with Crippen molar-refractivity contribution in [3.05, 3.63) is 35.9 Å². The van der Waals surface area contributed by atoms with Crippen LogP contribution in [-0.4, -0.2) is 33.9 Å². The molecule has 1 aromatic carbocycles. The molecule has 1 aromatic rings. The maximum atomic E-state index is 5.75. The molecule has 0 spiro atoms. The van der Waals surface area contributed by atoms with E-state index in [4.69, 9.17) is 12.4 Å². The van der Waals surface area contributed by atoms with Crippen molar-refractivity contribution in [2.24, 2.45) is 5.73 Å². The number of rotatable bonds is 9. The van der Waals surface area contributed by atoms with Gasteiger partial charge in [0.05, 0.1) is 0 Å². The fraction of sp³-hybridized carbons (Fsp3) is 0.571. The third kappa shape index (κ3) is 5.34. The SMILES string of the molecule is C[O][Ti]([CH3])([O]C)[CH](CNCCN)Cc1ccccc1. The van der Waals surface area contributed by atoms with Gasteiger partial charge in [0.15, 0.2) is 0 Å². The van der Waals surface area contributed by atoms with Crippen LogP contribution >= 0.6 is 0 Å². The first-order valence-electron chi connectivity index (χ1n) is 6.71. The summed E-state index contributed by atoms with van der Waals surface area (Å²) in [7, 11) is 3.54. The number of hydrogen-bond acceptors (Lipinski definition) is 4. The number of hydrogen-bond donors (Lipinski definition) is 2. The fourth-order valence-corrected chi connectivity index (χ4v) is 5.19. The molecule has 1 unspecified atom stereocenters. The predicted octanol–water partition coefficient (Wildman–Crippen LogP) is 1.89. The monoisotopic (exact) mass is 302 g/mol. The fourth-order valence-electron chi connectivity index (χ4n) is 2.14. The quantitative estimate of drug-likeness (QED) is 0.540. The Morgan fingerprint density at radius 3 is 2.37 bits per heavy atom. The van der Waals surface area contributed by atoms with Crippen molar-refractivity contribution in [1.82, 2.24) is 5.32 Å². The third-order valence-corrected chi connectivity index (χ3v) is 9.07. The average molecular weight is 302 g/mol. The molecule has 4 nitrogen and oxygen atoms in total. The van der Waals surface area contributed by atoms with Gasteiger partial charge in [-0.15, -0.1) is 0 Å². The molecule has 0 amide bonds. The molecule has 0 fully saturated rings. The Bertz CT molecular complexity index is 345. The van der Waals surface area contributed by atoms with E-state index in [1.54, 1.807) is 14.2 Å². The molecular weight excluding hydrogens is 276 g/mol. The van der Waals surface area contributed by atoms with E-state index in [1.165, 1.54) is 5.56 Å². The van der Waals surface area contributed by atoms with Gasteiger partial charge in [0.25, 0.3) is 0 Å². The van der Waals surface area contributed by atoms with Crippen LogP contribution in [0.1, 0.15) is 5.56 Å². The zero-order valence-electron chi connectivity index (χ0n) is 12.2. The van der Waals surface area contributed by atoms with Crippen LogP contribution < -0.4 is 11.1 Å². The zero-order chi connectivity index (χ0) is 14.1. The summed E-state index contributed by atoms with van der Waals surface area (Å²) in [5, 5.41) is 5.56. The molecule has 1 atom stereocenters. The summed E-state index contributed by atoms with van der Waals surface area (Å²) < 4.78 is 11.9. The van der Waals surface area contributed by atoms with Gasteiger partial charge in [0, 0.05) is 0 Å². The Morgan fingerprint density at radius 1 is 1.21 bits per heavy atom. The topological polar surface area (TPSA) is 56.5 Å². The van der Waals surface area contributed by atoms with E-state index in [0.29, 0.717) is 10.8 Å². The number of nitrogens with one attached hydrogen (secondary N) is 1. The molecule has 0 aliphatic rings. The van der Waals surface area contributed by atoms with Gasteiger partial charge in [0.1, 0.15) is 0 Å². The molecule has 0 aliphatic heterocycles. The first-order chi connectivity index (χ1) is 9.16. The third-order valence-electron chi connectivity index (χ3n) is 3.59. The van der Waals surface area contributed by atoms with Crippen molar-refractivity contribution in [1.29, 1.82) is 0 Å². The second-order valence-electron chi connectivity index (χ2n) is 4.80. The van der Waals surface area contributed by atoms with Gasteiger partial charge in [-0.1, -0.05) is 0 Å². The van der Waals surface area contributed by atoms with Crippen molar-refractivity contribution in [2.45, 2.75) is 15.9 Å². The normalized spacial score (nSPS) is 13.5. The molecule has 3 N–H and O–H groups in total. The Balaban J connectivity index is 2.74. The van der Waals surface area contributed by atoms with E-state index >= 15 is 0 Å². The summed E-state index contributed by atoms with van der Waals surface area (Å²) in [6.07, 6.45) is 0.983. The minimum absolute atomic E-state index is 0.406. The predicted molar refractivity (Wildman–Crippen MR) is 75.7 cm³/mol. The Morgan fingerprint density at radius 2 is 1.84 bits per heavy atom. The van der Waals surface area contributed by atoms with Crippen LogP contribution in [0.2, 0.25) is 9.45 Å². The molecule has 108 valence electrons. The van der Waals surface area contributed by atoms with Crippen LogP contribution in [0.3, 0.4) is 0 Å². The van der Waals surface area contributed by atoms with Crippen molar-refractivity contribution in [3.63, 3.8) is 0 Å². The average Bonchev–Trinajstić information content (AvgIpc) is 2.46. The standard InChI is InChI=1S/C11H17N2.2CH3O.CH3.Ti/c12-8-10-13-9-4-7-11-5-2-1-3-6-11;2*1-2;;/h1-6,13H,7-10,12H2;2*1H3;1H3;/q;2*-1;;+2. The van der Waals surface area contributed by atoms with Crippen LogP contribution in [0.4, 0.5) is 0 Å². The molecule has 0 heterocycles. The van der Waals surface area contributed by atoms with E-state index in [0.717, 1.165) is 19.5 Å². The summed E-state index contributed by atoms with van der Waals surface area (Å²) in [4.78, 5) is 0. The summed E-state index contributed by atoms with van der Waals surface area (Å²) in [5.41, 5.74) is 6.86. The molecule has 0 bridgehead atoms. The number of benzene rings is 1. The van der Waals surface area contributed by atoms with Crippen molar-refractivity contribution < 1.29 is 24.0 Å². The van der Waals surface area contributed by atoms with E-state index in [2.05, 4.69) is 34.8 Å². The van der Waals surface area contributed by atoms with Crippen LogP contribution in [0.25, 0.3) is 0 Å². The molecule has 0 aliphatic carbocycles. The van der Waals surface area contributed by atoms with Gasteiger partial charge in [0.2, 0.25) is 0 Å². The molecular formula is C14H26N2O2Ti. The van der Waals surface area contributed by atoms with Crippen LogP contribution in [-0.2, 0) is 30.4 Å².